The van der Waals surface area contributed by atoms with Crippen molar-refractivity contribution in [2.45, 2.75) is 38.5 Å². The van der Waals surface area contributed by atoms with E-state index in [2.05, 4.69) is 12.2 Å². The summed E-state index contributed by atoms with van der Waals surface area (Å²) in [6.45, 7) is 4.27. The first kappa shape index (κ1) is 25.4. The number of esters is 1. The summed E-state index contributed by atoms with van der Waals surface area (Å²) in [4.78, 5) is 27.0. The molecular weight excluding hydrogens is 482 g/mol. The molecule has 35 heavy (non-hydrogen) atoms. The van der Waals surface area contributed by atoms with Crippen LogP contribution in [0.25, 0.3) is 0 Å². The van der Waals surface area contributed by atoms with Gasteiger partial charge in [0.25, 0.3) is 0 Å². The second-order valence-corrected chi connectivity index (χ2v) is 10.5. The highest BCUT2D eigenvalue weighted by molar-refractivity contribution is 7.99. The average Bonchev–Trinajstić information content (AvgIpc) is 2.85. The van der Waals surface area contributed by atoms with Crippen LogP contribution >= 0.6 is 23.4 Å². The molecule has 0 aromatic heterocycles. The topological polar surface area (TPSA) is 64.6 Å². The second-order valence-electron chi connectivity index (χ2n) is 8.65. The van der Waals surface area contributed by atoms with Gasteiger partial charge >= 0.3 is 5.97 Å². The third kappa shape index (κ3) is 5.44. The summed E-state index contributed by atoms with van der Waals surface area (Å²) in [5.41, 5.74) is 4.46. The number of carbonyl (C=O) groups is 2. The van der Waals surface area contributed by atoms with E-state index in [9.17, 15) is 9.59 Å². The van der Waals surface area contributed by atoms with Crippen LogP contribution < -0.4 is 10.1 Å². The summed E-state index contributed by atoms with van der Waals surface area (Å²) in [6, 6.07) is 15.2. The van der Waals surface area contributed by atoms with Gasteiger partial charge in [0.2, 0.25) is 0 Å². The Morgan fingerprint density at radius 3 is 2.71 bits per heavy atom. The van der Waals surface area contributed by atoms with Crippen LogP contribution in [0, 0.1) is 0 Å². The van der Waals surface area contributed by atoms with Crippen molar-refractivity contribution in [1.29, 1.82) is 0 Å². The number of thioether (sulfide) groups is 1. The third-order valence-corrected chi connectivity index (χ3v) is 7.57. The maximum atomic E-state index is 13.7. The Morgan fingerprint density at radius 1 is 1.17 bits per heavy atom. The molecule has 0 bridgehead atoms. The lowest BCUT2D eigenvalue weighted by molar-refractivity contribution is -0.138. The van der Waals surface area contributed by atoms with Gasteiger partial charge in [-0.25, -0.2) is 4.79 Å². The summed E-state index contributed by atoms with van der Waals surface area (Å²) < 4.78 is 11.2. The third-order valence-electron chi connectivity index (χ3n) is 6.47. The van der Waals surface area contributed by atoms with Crippen LogP contribution in [-0.4, -0.2) is 37.0 Å². The number of ether oxygens (including phenoxy) is 2. The number of rotatable bonds is 8. The number of hydrogen-bond acceptors (Lipinski definition) is 6. The zero-order valence-electron chi connectivity index (χ0n) is 20.2. The van der Waals surface area contributed by atoms with E-state index in [0.717, 1.165) is 34.1 Å². The van der Waals surface area contributed by atoms with Crippen molar-refractivity contribution < 1.29 is 19.1 Å². The zero-order chi connectivity index (χ0) is 24.9. The fourth-order valence-electron chi connectivity index (χ4n) is 4.97. The molecule has 0 unspecified atom stereocenters. The number of hydrogen-bond donors (Lipinski definition) is 1. The Bertz CT molecular complexity index is 1190. The van der Waals surface area contributed by atoms with Crippen molar-refractivity contribution in [3.8, 4) is 5.75 Å². The molecule has 2 aromatic rings. The SMILES string of the molecule is CCSCCOC(=O)C1=C(C)NC2=C(C(=O)C[C@H](c3ccccc3OC)C2)[C@H]1c1cccc(Cl)c1. The highest BCUT2D eigenvalue weighted by Crippen LogP contribution is 2.47. The number of benzene rings is 2. The molecule has 5 nitrogen and oxygen atoms in total. The van der Waals surface area contributed by atoms with E-state index in [1.165, 1.54) is 0 Å². The van der Waals surface area contributed by atoms with E-state index in [4.69, 9.17) is 21.1 Å². The van der Waals surface area contributed by atoms with Crippen molar-refractivity contribution >= 4 is 35.1 Å². The number of halogens is 1. The Hall–Kier alpha value is -2.70. The fourth-order valence-corrected chi connectivity index (χ4v) is 5.66. The van der Waals surface area contributed by atoms with Crippen LogP contribution in [0.2, 0.25) is 5.02 Å². The largest absolute Gasteiger partial charge is 0.496 e. The van der Waals surface area contributed by atoms with Crippen LogP contribution in [0.15, 0.2) is 71.1 Å². The first-order chi connectivity index (χ1) is 16.9. The predicted octanol–water partition coefficient (Wildman–Crippen LogP) is 6.01. The number of para-hydroxylation sites is 1. The second kappa shape index (κ2) is 11.4. The van der Waals surface area contributed by atoms with Crippen molar-refractivity contribution in [2.24, 2.45) is 0 Å². The van der Waals surface area contributed by atoms with Crippen LogP contribution in [0.3, 0.4) is 0 Å². The first-order valence-electron chi connectivity index (χ1n) is 11.8. The lowest BCUT2D eigenvalue weighted by Crippen LogP contribution is -2.36. The van der Waals surface area contributed by atoms with E-state index < -0.39 is 11.9 Å². The maximum Gasteiger partial charge on any atom is 0.336 e. The molecule has 2 atom stereocenters. The molecule has 1 aliphatic heterocycles. The molecule has 4 rings (SSSR count). The van der Waals surface area contributed by atoms with Crippen LogP contribution in [0.1, 0.15) is 49.7 Å². The normalized spacial score (nSPS) is 19.8. The fraction of sp³-hybridized carbons (Fsp3) is 0.357. The minimum Gasteiger partial charge on any atom is -0.496 e. The van der Waals surface area contributed by atoms with Gasteiger partial charge in [-0.15, -0.1) is 0 Å². The number of nitrogens with one attached hydrogen (secondary N) is 1. The molecule has 0 amide bonds. The summed E-state index contributed by atoms with van der Waals surface area (Å²) in [6.07, 6.45) is 0.984. The number of Topliss-reactive ketones (excluding diaryl/α,β-unsaturated/α-hetero) is 1. The summed E-state index contributed by atoms with van der Waals surface area (Å²) >= 11 is 8.05. The highest BCUT2D eigenvalue weighted by Gasteiger charge is 2.41. The molecule has 7 heteroatoms. The predicted molar refractivity (Wildman–Crippen MR) is 141 cm³/mol. The van der Waals surface area contributed by atoms with Crippen molar-refractivity contribution in [3.05, 3.63) is 87.2 Å². The lowest BCUT2D eigenvalue weighted by atomic mass is 9.71. The summed E-state index contributed by atoms with van der Waals surface area (Å²) in [5, 5.41) is 3.95. The van der Waals surface area contributed by atoms with Gasteiger partial charge < -0.3 is 14.8 Å². The molecule has 2 aromatic carbocycles. The van der Waals surface area contributed by atoms with Gasteiger partial charge in [-0.1, -0.05) is 48.9 Å². The first-order valence-corrected chi connectivity index (χ1v) is 13.3. The Kier molecular flexibility index (Phi) is 8.24. The molecule has 0 saturated carbocycles. The van der Waals surface area contributed by atoms with Gasteiger partial charge in [0, 0.05) is 46.0 Å². The number of methoxy groups -OCH3 is 1. The molecule has 0 saturated heterocycles. The van der Waals surface area contributed by atoms with E-state index in [1.807, 2.05) is 49.4 Å². The molecule has 184 valence electrons. The molecule has 0 spiro atoms. The Morgan fingerprint density at radius 2 is 1.97 bits per heavy atom. The number of dihydropyridines is 1. The molecule has 0 fully saturated rings. The molecule has 0 radical (unpaired) electrons. The van der Waals surface area contributed by atoms with E-state index >= 15 is 0 Å². The highest BCUT2D eigenvalue weighted by atomic mass is 35.5. The van der Waals surface area contributed by atoms with E-state index in [0.29, 0.717) is 41.3 Å². The van der Waals surface area contributed by atoms with Gasteiger partial charge in [-0.2, -0.15) is 11.8 Å². The van der Waals surface area contributed by atoms with Gasteiger partial charge in [-0.3, -0.25) is 4.79 Å². The molecule has 1 aliphatic carbocycles. The Labute approximate surface area is 215 Å². The van der Waals surface area contributed by atoms with Gasteiger partial charge in [0.15, 0.2) is 5.78 Å². The minimum absolute atomic E-state index is 0.0129. The zero-order valence-corrected chi connectivity index (χ0v) is 21.8. The van der Waals surface area contributed by atoms with Gasteiger partial charge in [-0.05, 0) is 48.4 Å². The van der Waals surface area contributed by atoms with Crippen LogP contribution in [0.5, 0.6) is 5.75 Å². The summed E-state index contributed by atoms with van der Waals surface area (Å²) in [7, 11) is 1.64. The average molecular weight is 512 g/mol. The van der Waals surface area contributed by atoms with E-state index in [1.54, 1.807) is 24.9 Å². The lowest BCUT2D eigenvalue weighted by Gasteiger charge is -2.37. The maximum absolute atomic E-state index is 13.7. The summed E-state index contributed by atoms with van der Waals surface area (Å²) in [5.74, 6) is 1.54. The Balaban J connectivity index is 1.73. The smallest absolute Gasteiger partial charge is 0.336 e. The molecular formula is C28H30ClNO4S. The molecule has 1 heterocycles. The minimum atomic E-state index is -0.526. The van der Waals surface area contributed by atoms with E-state index in [-0.39, 0.29) is 11.7 Å². The van der Waals surface area contributed by atoms with Crippen LogP contribution in [0.4, 0.5) is 0 Å². The molecule has 1 N–H and O–H groups in total. The molecule has 2 aliphatic rings. The number of carbonyl (C=O) groups excluding carboxylic acids is 2. The van der Waals surface area contributed by atoms with Crippen molar-refractivity contribution in [1.82, 2.24) is 5.32 Å². The van der Waals surface area contributed by atoms with Gasteiger partial charge in [0.05, 0.1) is 12.7 Å². The van der Waals surface area contributed by atoms with Crippen molar-refractivity contribution in [3.63, 3.8) is 0 Å². The number of ketones is 1. The monoisotopic (exact) mass is 511 g/mol. The quantitative estimate of drug-likeness (QED) is 0.346. The van der Waals surface area contributed by atoms with Gasteiger partial charge in [0.1, 0.15) is 12.4 Å². The van der Waals surface area contributed by atoms with Crippen molar-refractivity contribution in [2.75, 3.05) is 25.2 Å². The van der Waals surface area contributed by atoms with Crippen LogP contribution in [-0.2, 0) is 14.3 Å². The standard InChI is InChI=1S/C28H30ClNO4S/c1-4-35-13-12-34-28(32)25-17(2)30-22-15-19(21-10-5-6-11-24(21)33-3)16-23(31)27(22)26(25)18-8-7-9-20(29)14-18/h5-11,14,19,26,30H,4,12-13,15-16H2,1-3H3/t19-,26+/m1/s1. The number of allylic oxidation sites excluding steroid dienone is 3.